The Morgan fingerprint density at radius 3 is 2.54 bits per heavy atom. The normalized spacial score (nSPS) is 16.5. The quantitative estimate of drug-likeness (QED) is 0.750. The third-order valence-electron chi connectivity index (χ3n) is 3.40. The molecule has 1 saturated heterocycles. The topological polar surface area (TPSA) is 91.3 Å². The summed E-state index contributed by atoms with van der Waals surface area (Å²) in [7, 11) is 0. The second-order valence-electron chi connectivity index (χ2n) is 5.32. The summed E-state index contributed by atoms with van der Waals surface area (Å²) in [5.74, 6) is -2.26. The van der Waals surface area contributed by atoms with Gasteiger partial charge in [0.05, 0.1) is 4.88 Å². The molecule has 26 heavy (non-hydrogen) atoms. The number of anilines is 1. The number of nitrogens with one attached hydrogen (secondary N) is 2. The number of aliphatic carboxylic acids is 1. The Balaban J connectivity index is 0.000000298. The first-order valence-electron chi connectivity index (χ1n) is 7.63. The Morgan fingerprint density at radius 2 is 2.00 bits per heavy atom. The number of nitrogens with zero attached hydrogens (tertiary/aromatic N) is 1. The Labute approximate surface area is 151 Å². The van der Waals surface area contributed by atoms with E-state index in [1.165, 1.54) is 11.3 Å². The second kappa shape index (κ2) is 8.77. The van der Waals surface area contributed by atoms with Gasteiger partial charge in [0.25, 0.3) is 5.91 Å². The van der Waals surface area contributed by atoms with Crippen LogP contribution in [0.5, 0.6) is 0 Å². The molecule has 3 rings (SSSR count). The molecule has 1 aliphatic heterocycles. The van der Waals surface area contributed by atoms with Crippen LogP contribution in [0.1, 0.15) is 33.4 Å². The van der Waals surface area contributed by atoms with Gasteiger partial charge in [0.1, 0.15) is 5.82 Å². The van der Waals surface area contributed by atoms with Gasteiger partial charge < -0.3 is 15.7 Å². The predicted molar refractivity (Wildman–Crippen MR) is 90.2 cm³/mol. The zero-order valence-corrected chi connectivity index (χ0v) is 14.2. The lowest BCUT2D eigenvalue weighted by atomic mass is 10.2. The minimum absolute atomic E-state index is 0.0899. The van der Waals surface area contributed by atoms with Crippen LogP contribution in [0.15, 0.2) is 36.5 Å². The van der Waals surface area contributed by atoms with Crippen LogP contribution in [-0.2, 0) is 4.79 Å². The number of hydrogen-bond acceptors (Lipinski definition) is 5. The van der Waals surface area contributed by atoms with E-state index in [0.29, 0.717) is 11.9 Å². The molecule has 1 unspecified atom stereocenters. The second-order valence-corrected chi connectivity index (χ2v) is 6.44. The highest BCUT2D eigenvalue weighted by molar-refractivity contribution is 7.14. The average Bonchev–Trinajstić information content (AvgIpc) is 3.27. The number of thiophene rings is 1. The number of pyridine rings is 1. The molecule has 0 radical (unpaired) electrons. The first kappa shape index (κ1) is 19.9. The zero-order chi connectivity index (χ0) is 19.2. The van der Waals surface area contributed by atoms with Crippen molar-refractivity contribution in [3.05, 3.63) is 46.3 Å². The summed E-state index contributed by atoms with van der Waals surface area (Å²) in [5.41, 5.74) is 0. The van der Waals surface area contributed by atoms with Crippen LogP contribution in [-0.4, -0.2) is 34.7 Å². The fraction of sp³-hybridized carbons (Fsp3) is 0.312. The van der Waals surface area contributed by atoms with Crippen LogP contribution >= 0.6 is 11.3 Å². The number of alkyl halides is 3. The van der Waals surface area contributed by atoms with Gasteiger partial charge in [-0.2, -0.15) is 13.2 Å². The lowest BCUT2D eigenvalue weighted by Gasteiger charge is -2.06. The summed E-state index contributed by atoms with van der Waals surface area (Å²) >= 11 is 1.56. The number of amides is 1. The van der Waals surface area contributed by atoms with E-state index < -0.39 is 12.1 Å². The molecular formula is C16H16F3N3O3S. The predicted octanol–water partition coefficient (Wildman–Crippen LogP) is 3.45. The molecule has 2 aromatic rings. The molecule has 1 amide bonds. The van der Waals surface area contributed by atoms with Gasteiger partial charge in [-0.25, -0.2) is 9.78 Å². The van der Waals surface area contributed by atoms with Crippen LogP contribution < -0.4 is 10.6 Å². The summed E-state index contributed by atoms with van der Waals surface area (Å²) in [6.45, 7) is 1.07. The smallest absolute Gasteiger partial charge is 0.475 e. The van der Waals surface area contributed by atoms with Crippen LogP contribution in [0.25, 0.3) is 0 Å². The number of rotatable bonds is 3. The van der Waals surface area contributed by atoms with Gasteiger partial charge in [0.15, 0.2) is 0 Å². The van der Waals surface area contributed by atoms with E-state index in [1.54, 1.807) is 23.6 Å². The molecule has 140 valence electrons. The Morgan fingerprint density at radius 1 is 1.27 bits per heavy atom. The molecule has 1 atom stereocenters. The van der Waals surface area contributed by atoms with Crippen molar-refractivity contribution in [2.75, 3.05) is 11.9 Å². The number of carboxylic acid groups (broad SMARTS) is 1. The number of aromatic nitrogens is 1. The molecule has 1 fully saturated rings. The maximum absolute atomic E-state index is 12.1. The lowest BCUT2D eigenvalue weighted by Crippen LogP contribution is -2.21. The highest BCUT2D eigenvalue weighted by Gasteiger charge is 2.38. The van der Waals surface area contributed by atoms with Crippen molar-refractivity contribution < 1.29 is 27.9 Å². The molecule has 0 aromatic carbocycles. The first-order valence-corrected chi connectivity index (χ1v) is 8.44. The van der Waals surface area contributed by atoms with E-state index in [1.807, 2.05) is 24.3 Å². The minimum Gasteiger partial charge on any atom is -0.475 e. The van der Waals surface area contributed by atoms with Crippen molar-refractivity contribution in [3.8, 4) is 0 Å². The number of carbonyl (C=O) groups is 2. The Kier molecular flexibility index (Phi) is 6.70. The van der Waals surface area contributed by atoms with Crippen LogP contribution in [0.2, 0.25) is 0 Å². The van der Waals surface area contributed by atoms with Gasteiger partial charge in [-0.1, -0.05) is 6.07 Å². The van der Waals surface area contributed by atoms with E-state index >= 15 is 0 Å². The summed E-state index contributed by atoms with van der Waals surface area (Å²) in [6, 6.07) is 9.81. The van der Waals surface area contributed by atoms with E-state index in [-0.39, 0.29) is 5.91 Å². The number of halogens is 3. The summed E-state index contributed by atoms with van der Waals surface area (Å²) in [6.07, 6.45) is -1.06. The number of hydrogen-bond donors (Lipinski definition) is 3. The molecule has 0 saturated carbocycles. The molecule has 1 aliphatic rings. The maximum Gasteiger partial charge on any atom is 0.490 e. The van der Waals surface area contributed by atoms with Gasteiger partial charge in [0.2, 0.25) is 0 Å². The Hall–Kier alpha value is -2.46. The SMILES string of the molecule is O=C(Nc1ccccn1)c1ccc(C2CCCN2)s1.O=C(O)C(F)(F)F. The summed E-state index contributed by atoms with van der Waals surface area (Å²) < 4.78 is 31.7. The summed E-state index contributed by atoms with van der Waals surface area (Å²) in [5, 5.41) is 13.4. The number of carbonyl (C=O) groups excluding carboxylic acids is 1. The van der Waals surface area contributed by atoms with Gasteiger partial charge >= 0.3 is 12.1 Å². The Bertz CT molecular complexity index is 744. The van der Waals surface area contributed by atoms with Crippen molar-refractivity contribution in [2.45, 2.75) is 25.1 Å². The standard InChI is InChI=1S/C14H15N3OS.C2HF3O2/c18-14(17-13-5-1-2-8-16-13)12-7-6-11(19-12)10-4-3-9-15-10;3-2(4,5)1(6)7/h1-2,5-8,10,15H,3-4,9H2,(H,16,17,18);(H,6,7). The molecular weight excluding hydrogens is 371 g/mol. The molecule has 2 aromatic heterocycles. The van der Waals surface area contributed by atoms with Crippen molar-refractivity contribution >= 4 is 29.0 Å². The maximum atomic E-state index is 12.1. The first-order chi connectivity index (χ1) is 12.3. The molecule has 0 bridgehead atoms. The zero-order valence-electron chi connectivity index (χ0n) is 13.4. The van der Waals surface area contributed by atoms with Crippen molar-refractivity contribution in [2.24, 2.45) is 0 Å². The minimum atomic E-state index is -5.08. The van der Waals surface area contributed by atoms with Crippen molar-refractivity contribution in [1.82, 2.24) is 10.3 Å². The van der Waals surface area contributed by atoms with Crippen LogP contribution in [0.4, 0.5) is 19.0 Å². The van der Waals surface area contributed by atoms with Crippen LogP contribution in [0.3, 0.4) is 0 Å². The van der Waals surface area contributed by atoms with Crippen LogP contribution in [0, 0.1) is 0 Å². The summed E-state index contributed by atoms with van der Waals surface area (Å²) in [4.78, 5) is 27.0. The fourth-order valence-corrected chi connectivity index (χ4v) is 3.22. The monoisotopic (exact) mass is 387 g/mol. The van der Waals surface area contributed by atoms with E-state index in [4.69, 9.17) is 9.90 Å². The lowest BCUT2D eigenvalue weighted by molar-refractivity contribution is -0.192. The number of carboxylic acids is 1. The highest BCUT2D eigenvalue weighted by Crippen LogP contribution is 2.29. The third-order valence-corrected chi connectivity index (χ3v) is 4.60. The average molecular weight is 387 g/mol. The van der Waals surface area contributed by atoms with E-state index in [2.05, 4.69) is 15.6 Å². The molecule has 3 N–H and O–H groups in total. The molecule has 0 spiro atoms. The fourth-order valence-electron chi connectivity index (χ4n) is 2.20. The third kappa shape index (κ3) is 5.81. The van der Waals surface area contributed by atoms with E-state index in [9.17, 15) is 18.0 Å². The highest BCUT2D eigenvalue weighted by atomic mass is 32.1. The molecule has 6 nitrogen and oxygen atoms in total. The van der Waals surface area contributed by atoms with Gasteiger partial charge in [-0.15, -0.1) is 11.3 Å². The van der Waals surface area contributed by atoms with Gasteiger partial charge in [-0.05, 0) is 43.7 Å². The van der Waals surface area contributed by atoms with E-state index in [0.717, 1.165) is 17.8 Å². The van der Waals surface area contributed by atoms with Gasteiger partial charge in [0, 0.05) is 17.1 Å². The molecule has 3 heterocycles. The largest absolute Gasteiger partial charge is 0.490 e. The van der Waals surface area contributed by atoms with Gasteiger partial charge in [-0.3, -0.25) is 4.79 Å². The molecule has 0 aliphatic carbocycles. The van der Waals surface area contributed by atoms with Crippen molar-refractivity contribution in [1.29, 1.82) is 0 Å². The molecule has 10 heteroatoms. The van der Waals surface area contributed by atoms with Crippen molar-refractivity contribution in [3.63, 3.8) is 0 Å².